The quantitative estimate of drug-likeness (QED) is 0.726. The normalized spacial score (nSPS) is 19.8. The first kappa shape index (κ1) is 17.2. The third-order valence-corrected chi connectivity index (χ3v) is 7.37. The van der Waals surface area contributed by atoms with Gasteiger partial charge in [0, 0.05) is 12.3 Å². The lowest BCUT2D eigenvalue weighted by atomic mass is 10.2. The van der Waals surface area contributed by atoms with Gasteiger partial charge in [0.15, 0.2) is 0 Å². The van der Waals surface area contributed by atoms with Gasteiger partial charge < -0.3 is 4.74 Å². The molecule has 0 atom stereocenters. The Labute approximate surface area is 151 Å². The molecule has 0 unspecified atom stereocenters. The lowest BCUT2D eigenvalue weighted by Gasteiger charge is -2.36. The molecular formula is C15H16N4O5S2. The molecular weight excluding hydrogens is 380 g/mol. The van der Waals surface area contributed by atoms with Crippen LogP contribution < -0.4 is 9.04 Å². The summed E-state index contributed by atoms with van der Waals surface area (Å²) in [5.41, 5.74) is 0.705. The summed E-state index contributed by atoms with van der Waals surface area (Å²) in [5, 5.41) is 0. The maximum atomic E-state index is 12.7. The second-order valence-corrected chi connectivity index (χ2v) is 9.95. The Bertz CT molecular complexity index is 1060. The van der Waals surface area contributed by atoms with Crippen molar-refractivity contribution < 1.29 is 21.6 Å². The van der Waals surface area contributed by atoms with E-state index in [2.05, 4.69) is 9.97 Å². The van der Waals surface area contributed by atoms with Gasteiger partial charge in [0.25, 0.3) is 10.0 Å². The van der Waals surface area contributed by atoms with E-state index in [-0.39, 0.29) is 42.5 Å². The van der Waals surface area contributed by atoms with Crippen molar-refractivity contribution in [3.8, 4) is 6.01 Å². The Kier molecular flexibility index (Phi) is 3.90. The lowest BCUT2D eigenvalue weighted by molar-refractivity contribution is 0.0682. The summed E-state index contributed by atoms with van der Waals surface area (Å²) in [7, 11) is -6.90. The van der Waals surface area contributed by atoms with Gasteiger partial charge >= 0.3 is 6.01 Å². The topological polar surface area (TPSA) is 110 Å². The number of anilines is 1. The summed E-state index contributed by atoms with van der Waals surface area (Å²) in [4.78, 5) is 8.45. The van der Waals surface area contributed by atoms with E-state index in [9.17, 15) is 16.8 Å². The van der Waals surface area contributed by atoms with Crippen molar-refractivity contribution >= 4 is 25.9 Å². The van der Waals surface area contributed by atoms with Crippen molar-refractivity contribution in [3.05, 3.63) is 42.1 Å². The number of benzene rings is 1. The average Bonchev–Trinajstić information content (AvgIpc) is 2.81. The van der Waals surface area contributed by atoms with Crippen molar-refractivity contribution in [3.63, 3.8) is 0 Å². The van der Waals surface area contributed by atoms with Gasteiger partial charge in [-0.1, -0.05) is 18.2 Å². The van der Waals surface area contributed by atoms with Crippen LogP contribution in [0.1, 0.15) is 5.56 Å². The third kappa shape index (κ3) is 2.91. The molecule has 1 fully saturated rings. The number of ether oxygens (including phenoxy) is 1. The van der Waals surface area contributed by atoms with E-state index < -0.39 is 20.0 Å². The number of aromatic nitrogens is 2. The minimum Gasteiger partial charge on any atom is -0.457 e. The summed E-state index contributed by atoms with van der Waals surface area (Å²) in [6, 6.07) is 8.32. The molecule has 11 heteroatoms. The van der Waals surface area contributed by atoms with Crippen molar-refractivity contribution in [1.29, 1.82) is 0 Å². The fourth-order valence-electron chi connectivity index (χ4n) is 2.87. The first-order chi connectivity index (χ1) is 12.2. The molecule has 1 aromatic heterocycles. The minimum absolute atomic E-state index is 0.0202. The Hall–Kier alpha value is -2.24. The Morgan fingerprint density at radius 2 is 1.92 bits per heavy atom. The third-order valence-electron chi connectivity index (χ3n) is 4.28. The van der Waals surface area contributed by atoms with E-state index in [0.29, 0.717) is 5.56 Å². The second kappa shape index (κ2) is 5.89. The predicted molar refractivity (Wildman–Crippen MR) is 92.7 cm³/mol. The number of rotatable bonds is 4. The van der Waals surface area contributed by atoms with Crippen LogP contribution in [-0.4, -0.2) is 56.6 Å². The van der Waals surface area contributed by atoms with Gasteiger partial charge in [0.1, 0.15) is 11.9 Å². The molecule has 0 N–H and O–H groups in total. The van der Waals surface area contributed by atoms with E-state index >= 15 is 0 Å². The van der Waals surface area contributed by atoms with Gasteiger partial charge in [0.2, 0.25) is 10.0 Å². The zero-order chi connectivity index (χ0) is 18.5. The summed E-state index contributed by atoms with van der Waals surface area (Å²) < 4.78 is 56.2. The van der Waals surface area contributed by atoms with Gasteiger partial charge in [-0.3, -0.25) is 0 Å². The molecule has 26 heavy (non-hydrogen) atoms. The molecule has 0 radical (unpaired) electrons. The molecule has 9 nitrogen and oxygen atoms in total. The summed E-state index contributed by atoms with van der Waals surface area (Å²) in [6.45, 7) is 0.639. The summed E-state index contributed by atoms with van der Waals surface area (Å²) >= 11 is 0. The van der Waals surface area contributed by atoms with Gasteiger partial charge in [-0.05, 0) is 11.6 Å². The van der Waals surface area contributed by atoms with Crippen LogP contribution in [0.5, 0.6) is 6.01 Å². The molecule has 2 aliphatic heterocycles. The largest absolute Gasteiger partial charge is 0.457 e. The average molecular weight is 396 g/mol. The molecule has 3 heterocycles. The van der Waals surface area contributed by atoms with E-state index in [4.69, 9.17) is 4.74 Å². The van der Waals surface area contributed by atoms with Crippen LogP contribution in [0.4, 0.5) is 5.82 Å². The molecule has 2 aromatic rings. The van der Waals surface area contributed by atoms with E-state index in [1.54, 1.807) is 24.3 Å². The molecule has 138 valence electrons. The van der Waals surface area contributed by atoms with Crippen LogP contribution in [0.3, 0.4) is 0 Å². The van der Waals surface area contributed by atoms with Crippen LogP contribution >= 0.6 is 0 Å². The maximum absolute atomic E-state index is 12.7. The highest BCUT2D eigenvalue weighted by atomic mass is 32.2. The lowest BCUT2D eigenvalue weighted by Crippen LogP contribution is -2.55. The molecule has 1 aromatic carbocycles. The fourth-order valence-corrected chi connectivity index (χ4v) is 5.35. The van der Waals surface area contributed by atoms with Gasteiger partial charge in [-0.2, -0.15) is 9.29 Å². The number of sulfonamides is 2. The number of hydrogen-bond donors (Lipinski definition) is 0. The van der Waals surface area contributed by atoms with Crippen molar-refractivity contribution in [2.45, 2.75) is 17.5 Å². The highest BCUT2D eigenvalue weighted by Gasteiger charge is 2.37. The Morgan fingerprint density at radius 3 is 2.62 bits per heavy atom. The van der Waals surface area contributed by atoms with E-state index in [1.807, 2.05) is 0 Å². The first-order valence-corrected chi connectivity index (χ1v) is 11.1. The first-order valence-electron chi connectivity index (χ1n) is 7.80. The molecule has 0 amide bonds. The molecule has 0 bridgehead atoms. The molecule has 2 aliphatic rings. The number of hydrogen-bond acceptors (Lipinski definition) is 7. The van der Waals surface area contributed by atoms with Crippen molar-refractivity contribution in [2.75, 3.05) is 23.7 Å². The number of nitrogens with zero attached hydrogens (tertiary/aromatic N) is 4. The van der Waals surface area contributed by atoms with Crippen molar-refractivity contribution in [2.24, 2.45) is 0 Å². The smallest absolute Gasteiger partial charge is 0.318 e. The van der Waals surface area contributed by atoms with Gasteiger partial charge in [0.05, 0.1) is 30.8 Å². The zero-order valence-electron chi connectivity index (χ0n) is 13.8. The van der Waals surface area contributed by atoms with Crippen LogP contribution in [0.2, 0.25) is 0 Å². The highest BCUT2D eigenvalue weighted by molar-refractivity contribution is 7.93. The highest BCUT2D eigenvalue weighted by Crippen LogP contribution is 2.33. The molecule has 0 saturated carbocycles. The Morgan fingerprint density at radius 1 is 1.19 bits per heavy atom. The maximum Gasteiger partial charge on any atom is 0.318 e. The minimum atomic E-state index is -3.66. The van der Waals surface area contributed by atoms with Gasteiger partial charge in [-0.25, -0.2) is 26.1 Å². The van der Waals surface area contributed by atoms with Crippen molar-refractivity contribution in [1.82, 2.24) is 14.3 Å². The SMILES string of the molecule is CS(=O)(=O)N1CC(Oc2nccc(N3Cc4ccccc4S3(=O)=O)n2)C1. The van der Waals surface area contributed by atoms with Gasteiger partial charge in [-0.15, -0.1) is 0 Å². The van der Waals surface area contributed by atoms with Crippen LogP contribution in [0, 0.1) is 0 Å². The second-order valence-electron chi connectivity index (χ2n) is 6.14. The van der Waals surface area contributed by atoms with Crippen LogP contribution in [0.25, 0.3) is 0 Å². The molecule has 1 saturated heterocycles. The Balaban J connectivity index is 1.53. The molecule has 4 rings (SSSR count). The standard InChI is InChI=1S/C15H16N4O5S2/c1-25(20,21)18-9-12(10-18)24-15-16-7-6-14(17-15)19-8-11-4-2-3-5-13(11)26(19,22)23/h2-7,12H,8-10H2,1H3. The molecule has 0 spiro atoms. The van der Waals surface area contributed by atoms with E-state index in [0.717, 1.165) is 6.26 Å². The van der Waals surface area contributed by atoms with E-state index in [1.165, 1.54) is 20.9 Å². The predicted octanol–water partition coefficient (Wildman–Crippen LogP) is 0.208. The summed E-state index contributed by atoms with van der Waals surface area (Å²) in [6.07, 6.45) is 2.20. The van der Waals surface area contributed by atoms with Crippen LogP contribution in [0.15, 0.2) is 41.4 Å². The molecule has 0 aliphatic carbocycles. The van der Waals surface area contributed by atoms with Crippen LogP contribution in [-0.2, 0) is 26.6 Å². The number of fused-ring (bicyclic) bond motifs is 1. The fraction of sp³-hybridized carbons (Fsp3) is 0.333. The zero-order valence-corrected chi connectivity index (χ0v) is 15.4. The summed E-state index contributed by atoms with van der Waals surface area (Å²) in [5.74, 6) is 0.213. The monoisotopic (exact) mass is 396 g/mol.